The standard InChI is InChI=1S/C15H18N2/c1-16-11-5-6-12-13-4-2-3-10-7-8-17(15(10)13)14(12)9-11/h2-4,11,16H,5-9H2,1H3. The number of nitrogens with one attached hydrogen (secondary N) is 1. The first kappa shape index (κ1) is 9.72. The SMILES string of the molecule is CNC1CCc2c(n3c4c(cccc24)CC3)C1. The zero-order chi connectivity index (χ0) is 11.4. The van der Waals surface area contributed by atoms with Gasteiger partial charge in [-0.1, -0.05) is 18.2 Å². The summed E-state index contributed by atoms with van der Waals surface area (Å²) >= 11 is 0. The van der Waals surface area contributed by atoms with Gasteiger partial charge in [-0.05, 0) is 37.4 Å². The Morgan fingerprint density at radius 3 is 3.12 bits per heavy atom. The molecule has 1 aliphatic carbocycles. The number of hydrogen-bond acceptors (Lipinski definition) is 1. The second-order valence-electron chi connectivity index (χ2n) is 5.37. The van der Waals surface area contributed by atoms with Crippen molar-refractivity contribution in [2.75, 3.05) is 7.05 Å². The average Bonchev–Trinajstić information content (AvgIpc) is 2.94. The highest BCUT2D eigenvalue weighted by Gasteiger charge is 2.27. The van der Waals surface area contributed by atoms with Crippen molar-refractivity contribution in [3.05, 3.63) is 35.0 Å². The highest BCUT2D eigenvalue weighted by molar-refractivity contribution is 5.89. The summed E-state index contributed by atoms with van der Waals surface area (Å²) in [5.41, 5.74) is 6.33. The Morgan fingerprint density at radius 1 is 1.29 bits per heavy atom. The molecule has 88 valence electrons. The van der Waals surface area contributed by atoms with E-state index in [9.17, 15) is 0 Å². The lowest BCUT2D eigenvalue weighted by atomic mass is 9.91. The Balaban J connectivity index is 1.99. The topological polar surface area (TPSA) is 17.0 Å². The van der Waals surface area contributed by atoms with Crippen LogP contribution in [0, 0.1) is 0 Å². The molecule has 1 atom stereocenters. The fourth-order valence-corrected chi connectivity index (χ4v) is 3.70. The number of nitrogens with zero attached hydrogens (tertiary/aromatic N) is 1. The van der Waals surface area contributed by atoms with Gasteiger partial charge in [-0.15, -0.1) is 0 Å². The quantitative estimate of drug-likeness (QED) is 0.789. The second kappa shape index (κ2) is 3.36. The maximum absolute atomic E-state index is 3.44. The Hall–Kier alpha value is -1.28. The fraction of sp³-hybridized carbons (Fsp3) is 0.467. The molecule has 2 aliphatic rings. The molecular formula is C15H18N2. The molecule has 1 aromatic carbocycles. The van der Waals surface area contributed by atoms with E-state index in [2.05, 4.69) is 35.1 Å². The zero-order valence-corrected chi connectivity index (χ0v) is 10.3. The first-order valence-corrected chi connectivity index (χ1v) is 6.67. The maximum Gasteiger partial charge on any atom is 0.0518 e. The van der Waals surface area contributed by atoms with E-state index in [1.807, 2.05) is 0 Å². The summed E-state index contributed by atoms with van der Waals surface area (Å²) < 4.78 is 2.59. The normalized spacial score (nSPS) is 22.1. The van der Waals surface area contributed by atoms with Crippen LogP contribution in [-0.4, -0.2) is 17.7 Å². The third-order valence-corrected chi connectivity index (χ3v) is 4.58. The van der Waals surface area contributed by atoms with Gasteiger partial charge in [0.15, 0.2) is 0 Å². The van der Waals surface area contributed by atoms with Crippen molar-refractivity contribution in [2.24, 2.45) is 0 Å². The van der Waals surface area contributed by atoms with Crippen LogP contribution in [-0.2, 0) is 25.8 Å². The summed E-state index contributed by atoms with van der Waals surface area (Å²) in [5.74, 6) is 0. The summed E-state index contributed by atoms with van der Waals surface area (Å²) in [7, 11) is 2.09. The number of hydrogen-bond donors (Lipinski definition) is 1. The molecule has 2 nitrogen and oxygen atoms in total. The van der Waals surface area contributed by atoms with Gasteiger partial charge < -0.3 is 9.88 Å². The molecule has 1 N–H and O–H groups in total. The van der Waals surface area contributed by atoms with Crippen molar-refractivity contribution < 1.29 is 0 Å². The lowest BCUT2D eigenvalue weighted by molar-refractivity contribution is 0.480. The molecule has 1 aromatic heterocycles. The lowest BCUT2D eigenvalue weighted by Gasteiger charge is -2.23. The number of likely N-dealkylation sites (N-methyl/N-ethyl adjacent to an activating group) is 1. The molecule has 0 bridgehead atoms. The number of fused-ring (bicyclic) bond motifs is 3. The summed E-state index contributed by atoms with van der Waals surface area (Å²) in [6.07, 6.45) is 4.96. The van der Waals surface area contributed by atoms with Gasteiger partial charge in [0.25, 0.3) is 0 Å². The van der Waals surface area contributed by atoms with Crippen LogP contribution in [0.2, 0.25) is 0 Å². The summed E-state index contributed by atoms with van der Waals surface area (Å²) in [6, 6.07) is 7.52. The molecule has 1 unspecified atom stereocenters. The third-order valence-electron chi connectivity index (χ3n) is 4.58. The Bertz CT molecular complexity index is 594. The van der Waals surface area contributed by atoms with Crippen molar-refractivity contribution in [1.82, 2.24) is 9.88 Å². The molecule has 1 aliphatic heterocycles. The van der Waals surface area contributed by atoms with Crippen molar-refractivity contribution in [2.45, 2.75) is 38.3 Å². The average molecular weight is 226 g/mol. The molecule has 0 fully saturated rings. The number of aromatic nitrogens is 1. The van der Waals surface area contributed by atoms with E-state index in [-0.39, 0.29) is 0 Å². The highest BCUT2D eigenvalue weighted by Crippen LogP contribution is 2.37. The lowest BCUT2D eigenvalue weighted by Crippen LogP contribution is -2.32. The third kappa shape index (κ3) is 1.19. The molecule has 17 heavy (non-hydrogen) atoms. The van der Waals surface area contributed by atoms with Gasteiger partial charge >= 0.3 is 0 Å². The van der Waals surface area contributed by atoms with Crippen molar-refractivity contribution >= 4 is 10.9 Å². The highest BCUT2D eigenvalue weighted by atomic mass is 15.0. The molecule has 0 spiro atoms. The van der Waals surface area contributed by atoms with Crippen molar-refractivity contribution in [3.63, 3.8) is 0 Å². The Labute approximate surface area is 102 Å². The van der Waals surface area contributed by atoms with Crippen LogP contribution in [0.4, 0.5) is 0 Å². The van der Waals surface area contributed by atoms with Gasteiger partial charge in [-0.2, -0.15) is 0 Å². The van der Waals surface area contributed by atoms with Crippen LogP contribution in [0.25, 0.3) is 10.9 Å². The fourth-order valence-electron chi connectivity index (χ4n) is 3.70. The van der Waals surface area contributed by atoms with E-state index >= 15 is 0 Å². The second-order valence-corrected chi connectivity index (χ2v) is 5.37. The van der Waals surface area contributed by atoms with E-state index in [0.717, 1.165) is 0 Å². The van der Waals surface area contributed by atoms with Gasteiger partial charge in [0.2, 0.25) is 0 Å². The molecule has 0 saturated heterocycles. The monoisotopic (exact) mass is 226 g/mol. The van der Waals surface area contributed by atoms with Crippen molar-refractivity contribution in [1.29, 1.82) is 0 Å². The minimum absolute atomic E-state index is 0.673. The van der Waals surface area contributed by atoms with Crippen LogP contribution < -0.4 is 5.32 Å². The van der Waals surface area contributed by atoms with E-state index in [0.29, 0.717) is 6.04 Å². The predicted molar refractivity (Wildman–Crippen MR) is 70.5 cm³/mol. The summed E-state index contributed by atoms with van der Waals surface area (Å²) in [4.78, 5) is 0. The number of aryl methyl sites for hydroxylation is 3. The summed E-state index contributed by atoms with van der Waals surface area (Å²) in [5, 5.41) is 4.98. The number of para-hydroxylation sites is 1. The molecular weight excluding hydrogens is 208 g/mol. The van der Waals surface area contributed by atoms with Crippen LogP contribution >= 0.6 is 0 Å². The molecule has 2 heterocycles. The van der Waals surface area contributed by atoms with E-state index in [1.165, 1.54) is 43.1 Å². The van der Waals surface area contributed by atoms with E-state index < -0.39 is 0 Å². The number of benzene rings is 1. The largest absolute Gasteiger partial charge is 0.344 e. The predicted octanol–water partition coefficient (Wildman–Crippen LogP) is 2.27. The molecule has 0 saturated carbocycles. The van der Waals surface area contributed by atoms with Crippen LogP contribution in [0.1, 0.15) is 23.2 Å². The molecule has 2 heteroatoms. The Kier molecular flexibility index (Phi) is 1.92. The number of rotatable bonds is 1. The first-order valence-electron chi connectivity index (χ1n) is 6.67. The van der Waals surface area contributed by atoms with E-state index in [1.54, 1.807) is 16.8 Å². The minimum Gasteiger partial charge on any atom is -0.344 e. The van der Waals surface area contributed by atoms with Gasteiger partial charge in [0, 0.05) is 30.1 Å². The van der Waals surface area contributed by atoms with Gasteiger partial charge in [-0.3, -0.25) is 0 Å². The zero-order valence-electron chi connectivity index (χ0n) is 10.3. The first-order chi connectivity index (χ1) is 8.38. The van der Waals surface area contributed by atoms with Gasteiger partial charge in [-0.25, -0.2) is 0 Å². The van der Waals surface area contributed by atoms with Crippen LogP contribution in [0.5, 0.6) is 0 Å². The van der Waals surface area contributed by atoms with E-state index in [4.69, 9.17) is 0 Å². The summed E-state index contributed by atoms with van der Waals surface area (Å²) in [6.45, 7) is 1.20. The molecule has 4 rings (SSSR count). The maximum atomic E-state index is 3.44. The Morgan fingerprint density at radius 2 is 2.24 bits per heavy atom. The molecule has 0 radical (unpaired) electrons. The van der Waals surface area contributed by atoms with Gasteiger partial charge in [0.1, 0.15) is 0 Å². The smallest absolute Gasteiger partial charge is 0.0518 e. The van der Waals surface area contributed by atoms with Crippen LogP contribution in [0.3, 0.4) is 0 Å². The minimum atomic E-state index is 0.673. The molecule has 2 aromatic rings. The van der Waals surface area contributed by atoms with Gasteiger partial charge in [0.05, 0.1) is 5.52 Å². The van der Waals surface area contributed by atoms with Crippen LogP contribution in [0.15, 0.2) is 18.2 Å². The molecule has 0 amide bonds. The van der Waals surface area contributed by atoms with Crippen molar-refractivity contribution in [3.8, 4) is 0 Å².